The Bertz CT molecular complexity index is 1770. The van der Waals surface area contributed by atoms with Crippen LogP contribution in [-0.2, 0) is 38.8 Å². The lowest BCUT2D eigenvalue weighted by Crippen LogP contribution is -2.53. The van der Waals surface area contributed by atoms with Gasteiger partial charge in [0.2, 0.25) is 11.8 Å². The van der Waals surface area contributed by atoms with Crippen molar-refractivity contribution in [3.05, 3.63) is 131 Å². The molecule has 1 atom stereocenters. The minimum Gasteiger partial charge on any atom is -0.354 e. The summed E-state index contributed by atoms with van der Waals surface area (Å²) in [6.45, 7) is 2.77. The van der Waals surface area contributed by atoms with Gasteiger partial charge in [0, 0.05) is 19.5 Å². The first-order valence-corrected chi connectivity index (χ1v) is 16.4. The van der Waals surface area contributed by atoms with Crippen LogP contribution in [0.15, 0.2) is 108 Å². The van der Waals surface area contributed by atoms with Crippen LogP contribution < -0.4 is 9.62 Å². The van der Waals surface area contributed by atoms with Gasteiger partial charge >= 0.3 is 6.18 Å². The van der Waals surface area contributed by atoms with E-state index in [1.54, 1.807) is 37.3 Å². The second-order valence-electron chi connectivity index (χ2n) is 11.0. The highest BCUT2D eigenvalue weighted by Gasteiger charge is 2.36. The first-order chi connectivity index (χ1) is 22.3. The Hall–Kier alpha value is -4.71. The molecule has 0 aliphatic rings. The van der Waals surface area contributed by atoms with Gasteiger partial charge in [-0.2, -0.15) is 13.2 Å². The van der Waals surface area contributed by atoms with E-state index in [1.807, 2.05) is 6.92 Å². The summed E-state index contributed by atoms with van der Waals surface area (Å²) in [4.78, 5) is 29.0. The Morgan fingerprint density at radius 2 is 1.51 bits per heavy atom. The third-order valence-corrected chi connectivity index (χ3v) is 9.22. The number of hydrogen-bond acceptors (Lipinski definition) is 4. The summed E-state index contributed by atoms with van der Waals surface area (Å²) in [5, 5.41) is 2.80. The highest BCUT2D eigenvalue weighted by molar-refractivity contribution is 7.92. The summed E-state index contributed by atoms with van der Waals surface area (Å²) < 4.78 is 83.7. The molecule has 0 spiro atoms. The van der Waals surface area contributed by atoms with Crippen molar-refractivity contribution in [2.24, 2.45) is 0 Å². The third kappa shape index (κ3) is 9.19. The summed E-state index contributed by atoms with van der Waals surface area (Å²) in [5.41, 5.74) is 0.426. The van der Waals surface area contributed by atoms with Crippen LogP contribution >= 0.6 is 0 Å². The molecular weight excluding hydrogens is 634 g/mol. The summed E-state index contributed by atoms with van der Waals surface area (Å²) >= 11 is 0. The largest absolute Gasteiger partial charge is 0.416 e. The number of carbonyl (C=O) groups is 2. The zero-order valence-corrected chi connectivity index (χ0v) is 26.7. The molecule has 0 heterocycles. The van der Waals surface area contributed by atoms with Crippen molar-refractivity contribution in [2.75, 3.05) is 17.4 Å². The number of benzene rings is 4. The lowest BCUT2D eigenvalue weighted by Gasteiger charge is -2.34. The summed E-state index contributed by atoms with van der Waals surface area (Å²) in [5.74, 6) is -1.87. The molecule has 248 valence electrons. The number of sulfonamides is 1. The van der Waals surface area contributed by atoms with Crippen molar-refractivity contribution in [2.45, 2.75) is 50.3 Å². The van der Waals surface area contributed by atoms with E-state index in [4.69, 9.17) is 0 Å². The second-order valence-corrected chi connectivity index (χ2v) is 12.9. The van der Waals surface area contributed by atoms with Crippen molar-refractivity contribution >= 4 is 27.5 Å². The van der Waals surface area contributed by atoms with E-state index < -0.39 is 52.0 Å². The number of amides is 2. The zero-order chi connectivity index (χ0) is 34.2. The lowest BCUT2D eigenvalue weighted by molar-refractivity contribution is -0.140. The molecule has 0 aliphatic heterocycles. The number of hydrogen-bond donors (Lipinski definition) is 1. The highest BCUT2D eigenvalue weighted by atomic mass is 32.2. The molecule has 4 aromatic carbocycles. The standard InChI is InChI=1S/C35H35F4N3O4S/c1-3-20-40-34(44)32(21-26-8-5-4-6-9-26)41(23-27-14-16-29(36)17-15-27)33(43)24-42(30-11-7-10-28(22-30)35(37,38)39)47(45,46)31-18-12-25(2)13-19-31/h4-19,22,32H,3,20-21,23-24H2,1-2H3,(H,40,44)/t32-/m1/s1. The predicted molar refractivity (Wildman–Crippen MR) is 171 cm³/mol. The number of aryl methyl sites for hydroxylation is 1. The Morgan fingerprint density at radius 3 is 2.13 bits per heavy atom. The molecule has 47 heavy (non-hydrogen) atoms. The van der Waals surface area contributed by atoms with E-state index in [-0.39, 0.29) is 23.5 Å². The molecule has 0 fully saturated rings. The number of anilines is 1. The van der Waals surface area contributed by atoms with Crippen LogP contribution in [0.25, 0.3) is 0 Å². The van der Waals surface area contributed by atoms with Crippen molar-refractivity contribution in [3.63, 3.8) is 0 Å². The average molecular weight is 670 g/mol. The van der Waals surface area contributed by atoms with Crippen molar-refractivity contribution in [3.8, 4) is 0 Å². The lowest BCUT2D eigenvalue weighted by atomic mass is 10.0. The molecule has 0 aliphatic carbocycles. The van der Waals surface area contributed by atoms with Crippen LogP contribution in [-0.4, -0.2) is 44.3 Å². The molecule has 4 aromatic rings. The first-order valence-electron chi connectivity index (χ1n) is 14.9. The number of carbonyl (C=O) groups excluding carboxylic acids is 2. The van der Waals surface area contributed by atoms with Crippen LogP contribution in [0.1, 0.15) is 35.6 Å². The summed E-state index contributed by atoms with van der Waals surface area (Å²) in [7, 11) is -4.59. The molecule has 0 radical (unpaired) electrons. The molecular formula is C35H35F4N3O4S. The molecule has 1 N–H and O–H groups in total. The van der Waals surface area contributed by atoms with E-state index in [1.165, 1.54) is 59.5 Å². The molecule has 0 saturated heterocycles. The normalized spacial score (nSPS) is 12.3. The van der Waals surface area contributed by atoms with Crippen LogP contribution in [0.4, 0.5) is 23.2 Å². The van der Waals surface area contributed by atoms with Crippen molar-refractivity contribution in [1.82, 2.24) is 10.2 Å². The van der Waals surface area contributed by atoms with Gasteiger partial charge in [-0.3, -0.25) is 13.9 Å². The molecule has 0 saturated carbocycles. The molecule has 0 bridgehead atoms. The maximum absolute atomic E-state index is 14.4. The van der Waals surface area contributed by atoms with Crippen molar-refractivity contribution < 1.29 is 35.6 Å². The fourth-order valence-corrected chi connectivity index (χ4v) is 6.32. The van der Waals surface area contributed by atoms with Gasteiger partial charge in [-0.25, -0.2) is 12.8 Å². The fourth-order valence-electron chi connectivity index (χ4n) is 4.91. The summed E-state index contributed by atoms with van der Waals surface area (Å²) in [6, 6.07) is 22.4. The van der Waals surface area contributed by atoms with Gasteiger partial charge < -0.3 is 10.2 Å². The van der Waals surface area contributed by atoms with Gasteiger partial charge in [0.15, 0.2) is 0 Å². The molecule has 0 unspecified atom stereocenters. The van der Waals surface area contributed by atoms with Gasteiger partial charge in [0.25, 0.3) is 10.0 Å². The number of halogens is 4. The van der Waals surface area contributed by atoms with E-state index in [0.29, 0.717) is 34.5 Å². The van der Waals surface area contributed by atoms with Gasteiger partial charge in [0.05, 0.1) is 16.1 Å². The Labute approximate surface area is 271 Å². The zero-order valence-electron chi connectivity index (χ0n) is 25.9. The summed E-state index contributed by atoms with van der Waals surface area (Å²) in [6.07, 6.45) is -4.13. The van der Waals surface area contributed by atoms with E-state index in [9.17, 15) is 35.6 Å². The second kappa shape index (κ2) is 15.3. The highest BCUT2D eigenvalue weighted by Crippen LogP contribution is 2.33. The molecule has 2 amide bonds. The number of nitrogens with one attached hydrogen (secondary N) is 1. The fraction of sp³-hybridized carbons (Fsp3) is 0.257. The van der Waals surface area contributed by atoms with E-state index in [2.05, 4.69) is 5.32 Å². The Balaban J connectivity index is 1.83. The van der Waals surface area contributed by atoms with Crippen LogP contribution in [0.2, 0.25) is 0 Å². The Morgan fingerprint density at radius 1 is 0.851 bits per heavy atom. The third-order valence-electron chi connectivity index (χ3n) is 7.44. The average Bonchev–Trinajstić information content (AvgIpc) is 3.05. The smallest absolute Gasteiger partial charge is 0.354 e. The van der Waals surface area contributed by atoms with Crippen molar-refractivity contribution in [1.29, 1.82) is 0 Å². The SMILES string of the molecule is CCCNC(=O)[C@@H](Cc1ccccc1)N(Cc1ccc(F)cc1)C(=O)CN(c1cccc(C(F)(F)F)c1)S(=O)(=O)c1ccc(C)cc1. The minimum atomic E-state index is -4.79. The van der Waals surface area contributed by atoms with Gasteiger partial charge in [-0.05, 0) is 66.9 Å². The molecule has 12 heteroatoms. The van der Waals surface area contributed by atoms with Crippen LogP contribution in [0.5, 0.6) is 0 Å². The van der Waals surface area contributed by atoms with Gasteiger partial charge in [-0.15, -0.1) is 0 Å². The molecule has 7 nitrogen and oxygen atoms in total. The van der Waals surface area contributed by atoms with Crippen LogP contribution in [0.3, 0.4) is 0 Å². The van der Waals surface area contributed by atoms with Gasteiger partial charge in [0.1, 0.15) is 18.4 Å². The monoisotopic (exact) mass is 669 g/mol. The van der Waals surface area contributed by atoms with E-state index >= 15 is 0 Å². The Kier molecular flexibility index (Phi) is 11.4. The quantitative estimate of drug-likeness (QED) is 0.165. The number of rotatable bonds is 13. The predicted octanol–water partition coefficient (Wildman–Crippen LogP) is 6.51. The maximum atomic E-state index is 14.4. The maximum Gasteiger partial charge on any atom is 0.416 e. The molecule has 4 rings (SSSR count). The van der Waals surface area contributed by atoms with Crippen LogP contribution in [0, 0.1) is 12.7 Å². The number of nitrogens with zero attached hydrogens (tertiary/aromatic N) is 2. The first kappa shape index (κ1) is 35.1. The topological polar surface area (TPSA) is 86.8 Å². The van der Waals surface area contributed by atoms with E-state index in [0.717, 1.165) is 17.7 Å². The minimum absolute atomic E-state index is 0.0532. The molecule has 0 aromatic heterocycles. The number of alkyl halides is 3. The van der Waals surface area contributed by atoms with Gasteiger partial charge in [-0.1, -0.05) is 73.2 Å².